The standard InChI is InChI=1S/C12H18NO.3C6H5.Po/c1-4-6-11(14)13-12-9(2)7-5-8-10(12)3;3*1-2-4-6-5-3-1;/h6-7H,4-5,8H2,1-3H3,(H,13,14);3*1-5H;. The van der Waals surface area contributed by atoms with E-state index in [2.05, 4.69) is 123 Å². The molecule has 3 heteroatoms. The Hall–Kier alpha value is -2.49. The van der Waals surface area contributed by atoms with E-state index in [1.54, 1.807) is 0 Å². The molecule has 0 radical (unpaired) electrons. The molecule has 1 atom stereocenters. The van der Waals surface area contributed by atoms with E-state index in [4.69, 9.17) is 0 Å². The summed E-state index contributed by atoms with van der Waals surface area (Å²) in [7, 11) is 0. The fourth-order valence-electron chi connectivity index (χ4n) is 4.88. The molecule has 0 saturated carbocycles. The van der Waals surface area contributed by atoms with E-state index in [1.165, 1.54) is 20.8 Å². The molecule has 0 heterocycles. The van der Waals surface area contributed by atoms with Gasteiger partial charge in [0, 0.05) is 0 Å². The fraction of sp³-hybridized carbons (Fsp3) is 0.233. The first-order chi connectivity index (χ1) is 16.1. The van der Waals surface area contributed by atoms with Crippen molar-refractivity contribution in [3.05, 3.63) is 114 Å². The number of carbonyl (C=O) groups excluding carboxylic acids is 1. The van der Waals surface area contributed by atoms with Gasteiger partial charge < -0.3 is 0 Å². The number of allylic oxidation sites excluding steroid dienone is 3. The molecule has 33 heavy (non-hydrogen) atoms. The first-order valence-electron chi connectivity index (χ1n) is 11.7. The number of benzene rings is 3. The Morgan fingerprint density at radius 3 is 1.67 bits per heavy atom. The molecular weight excluding hydrogens is 599 g/mol. The van der Waals surface area contributed by atoms with Crippen molar-refractivity contribution in [3.63, 3.8) is 0 Å². The predicted molar refractivity (Wildman–Crippen MR) is 142 cm³/mol. The third-order valence-electron chi connectivity index (χ3n) is 6.47. The van der Waals surface area contributed by atoms with E-state index in [0.29, 0.717) is 0 Å². The molecule has 0 fully saturated rings. The van der Waals surface area contributed by atoms with E-state index in [1.807, 2.05) is 0 Å². The second kappa shape index (κ2) is 10.6. The van der Waals surface area contributed by atoms with Crippen molar-refractivity contribution in [2.24, 2.45) is 0 Å². The van der Waals surface area contributed by atoms with Gasteiger partial charge in [-0.2, -0.15) is 0 Å². The van der Waals surface area contributed by atoms with Crippen LogP contribution in [0.2, 0.25) is 3.58 Å². The first-order valence-corrected chi connectivity index (χ1v) is 18.3. The number of amides is 1. The molecule has 0 spiro atoms. The van der Waals surface area contributed by atoms with Gasteiger partial charge in [0.15, 0.2) is 0 Å². The molecule has 1 amide bonds. The Kier molecular flexibility index (Phi) is 7.62. The van der Waals surface area contributed by atoms with Crippen LogP contribution >= 0.6 is 0 Å². The van der Waals surface area contributed by atoms with E-state index < -0.39 is 20.6 Å². The van der Waals surface area contributed by atoms with Crippen LogP contribution in [-0.2, 0) is 4.79 Å². The molecule has 3 aromatic carbocycles. The summed E-state index contributed by atoms with van der Waals surface area (Å²) in [5.74, 6) is 0.160. The van der Waals surface area contributed by atoms with Crippen LogP contribution in [0.1, 0.15) is 40.0 Å². The topological polar surface area (TPSA) is 29.1 Å². The third-order valence-corrected chi connectivity index (χ3v) is 23.8. The number of nitrogens with one attached hydrogen (secondary N) is 1. The van der Waals surface area contributed by atoms with Crippen LogP contribution in [0.5, 0.6) is 0 Å². The van der Waals surface area contributed by atoms with Crippen molar-refractivity contribution in [1.82, 2.24) is 5.32 Å². The molecule has 1 N–H and O–H groups in total. The van der Waals surface area contributed by atoms with Gasteiger partial charge in [-0.3, -0.25) is 0 Å². The minimum absolute atomic E-state index is 0.0836. The Bertz CT molecular complexity index is 1050. The van der Waals surface area contributed by atoms with Crippen LogP contribution in [0.25, 0.3) is 0 Å². The molecular formula is C30H33NOPo. The quantitative estimate of drug-likeness (QED) is 0.388. The van der Waals surface area contributed by atoms with Gasteiger partial charge in [0.2, 0.25) is 0 Å². The maximum atomic E-state index is 14.2. The molecule has 0 aromatic heterocycles. The predicted octanol–water partition coefficient (Wildman–Crippen LogP) is 5.07. The van der Waals surface area contributed by atoms with Crippen molar-refractivity contribution in [2.45, 2.75) is 43.6 Å². The monoisotopic (exact) mass is 632 g/mol. The molecule has 1 aliphatic rings. The van der Waals surface area contributed by atoms with Crippen LogP contribution in [-0.4, -0.2) is 26.5 Å². The van der Waals surface area contributed by atoms with Gasteiger partial charge in [-0.25, -0.2) is 0 Å². The third kappa shape index (κ3) is 4.62. The van der Waals surface area contributed by atoms with Gasteiger partial charge in [0.1, 0.15) is 0 Å². The van der Waals surface area contributed by atoms with Gasteiger partial charge >= 0.3 is 204 Å². The molecule has 170 valence electrons. The second-order valence-electron chi connectivity index (χ2n) is 8.57. The van der Waals surface area contributed by atoms with E-state index in [0.717, 1.165) is 25.0 Å². The summed E-state index contributed by atoms with van der Waals surface area (Å²) in [6.07, 6.45) is 5.10. The van der Waals surface area contributed by atoms with Crippen molar-refractivity contribution < 1.29 is 4.79 Å². The summed E-state index contributed by atoms with van der Waals surface area (Å²) < 4.78 is 3.93. The fourth-order valence-corrected chi connectivity index (χ4v) is 22.1. The summed E-state index contributed by atoms with van der Waals surface area (Å²) in [5.41, 5.74) is 3.48. The Morgan fingerprint density at radius 2 is 1.27 bits per heavy atom. The van der Waals surface area contributed by atoms with Crippen LogP contribution in [0.4, 0.5) is 0 Å². The van der Waals surface area contributed by atoms with Gasteiger partial charge in [0.05, 0.1) is 0 Å². The first kappa shape index (κ1) is 23.7. The normalized spacial score (nSPS) is 15.5. The van der Waals surface area contributed by atoms with Crippen molar-refractivity contribution in [3.8, 4) is 0 Å². The molecule has 1 aliphatic carbocycles. The molecule has 3 aromatic rings. The SMILES string of the molecule is CC[CH](C(=O)NC1=C(C)CCC=C1C)[Po]([c]1ccccc1)([c]1ccccc1)[c]1ccccc1. The Balaban J connectivity index is 1.93. The molecule has 0 aliphatic heterocycles. The number of hydrogen-bond donors (Lipinski definition) is 1. The zero-order valence-corrected chi connectivity index (χ0v) is 22.9. The number of rotatable bonds is 7. The number of hydrogen-bond acceptors (Lipinski definition) is 1. The van der Waals surface area contributed by atoms with Gasteiger partial charge in [-0.1, -0.05) is 0 Å². The van der Waals surface area contributed by atoms with Gasteiger partial charge in [-0.15, -0.1) is 0 Å². The summed E-state index contributed by atoms with van der Waals surface area (Å²) in [4.78, 5) is 14.2. The van der Waals surface area contributed by atoms with E-state index in [9.17, 15) is 4.79 Å². The van der Waals surface area contributed by atoms with Crippen molar-refractivity contribution in [2.75, 3.05) is 0 Å². The second-order valence-corrected chi connectivity index (χ2v) is 21.4. The van der Waals surface area contributed by atoms with Crippen LogP contribution in [0, 0.1) is 0 Å². The molecule has 2 nitrogen and oxygen atoms in total. The summed E-state index contributed by atoms with van der Waals surface area (Å²) >= 11 is -3.74. The van der Waals surface area contributed by atoms with Gasteiger partial charge in [-0.05, 0) is 0 Å². The summed E-state index contributed by atoms with van der Waals surface area (Å²) in [6, 6.07) is 32.5. The molecule has 0 bridgehead atoms. The maximum absolute atomic E-state index is 14.2. The Labute approximate surface area is 202 Å². The van der Waals surface area contributed by atoms with E-state index >= 15 is 0 Å². The minimum atomic E-state index is -3.74. The van der Waals surface area contributed by atoms with Crippen LogP contribution < -0.4 is 15.0 Å². The summed E-state index contributed by atoms with van der Waals surface area (Å²) in [5, 5.41) is 3.41. The van der Waals surface area contributed by atoms with Crippen LogP contribution in [0.15, 0.2) is 114 Å². The average molecular weight is 633 g/mol. The van der Waals surface area contributed by atoms with Crippen molar-refractivity contribution in [1.29, 1.82) is 0 Å². The molecule has 0 saturated heterocycles. The number of carbonyl (C=O) groups is 1. The average Bonchev–Trinajstić information content (AvgIpc) is 2.86. The van der Waals surface area contributed by atoms with Crippen molar-refractivity contribution >= 4 is 36.1 Å². The Morgan fingerprint density at radius 1 is 0.818 bits per heavy atom. The zero-order valence-electron chi connectivity index (χ0n) is 19.8. The summed E-state index contributed by atoms with van der Waals surface area (Å²) in [6.45, 7) is 6.44. The van der Waals surface area contributed by atoms with Gasteiger partial charge in [0.25, 0.3) is 0 Å². The van der Waals surface area contributed by atoms with E-state index in [-0.39, 0.29) is 9.48 Å². The van der Waals surface area contributed by atoms with Crippen LogP contribution in [0.3, 0.4) is 0 Å². The molecule has 4 rings (SSSR count). The zero-order chi connectivity index (χ0) is 23.3. The molecule has 1 unspecified atom stereocenters.